The molecule has 5 nitrogen and oxygen atoms in total. The third kappa shape index (κ3) is 3.17. The molecule has 3 aromatic rings. The average Bonchev–Trinajstić information content (AvgIpc) is 2.97. The highest BCUT2D eigenvalue weighted by atomic mass is 32.1. The first kappa shape index (κ1) is 15.4. The molecule has 0 radical (unpaired) electrons. The van der Waals surface area contributed by atoms with Crippen LogP contribution in [0.1, 0.15) is 28.0 Å². The molecule has 2 aromatic heterocycles. The van der Waals surface area contributed by atoms with Gasteiger partial charge in [0.25, 0.3) is 0 Å². The van der Waals surface area contributed by atoms with E-state index in [0.717, 1.165) is 28.1 Å². The lowest BCUT2D eigenvalue weighted by molar-refractivity contribution is 0.0601. The van der Waals surface area contributed by atoms with Gasteiger partial charge in [-0.15, -0.1) is 11.3 Å². The van der Waals surface area contributed by atoms with E-state index in [1.165, 1.54) is 12.0 Å². The minimum atomic E-state index is -0.360. The smallest absolute Gasteiger partial charge is 0.337 e. The molecule has 23 heavy (non-hydrogen) atoms. The van der Waals surface area contributed by atoms with Crippen LogP contribution in [0.5, 0.6) is 0 Å². The first-order valence-corrected chi connectivity index (χ1v) is 8.15. The van der Waals surface area contributed by atoms with Crippen LogP contribution in [-0.4, -0.2) is 23.0 Å². The van der Waals surface area contributed by atoms with Crippen LogP contribution in [0.15, 0.2) is 30.3 Å². The zero-order valence-electron chi connectivity index (χ0n) is 13.2. The number of esters is 1. The number of anilines is 2. The molecule has 6 heteroatoms. The highest BCUT2D eigenvalue weighted by Gasteiger charge is 2.11. The van der Waals surface area contributed by atoms with Crippen molar-refractivity contribution >= 4 is 39.0 Å². The van der Waals surface area contributed by atoms with Gasteiger partial charge in [-0.1, -0.05) is 13.0 Å². The lowest BCUT2D eigenvalue weighted by atomic mass is 10.2. The van der Waals surface area contributed by atoms with Gasteiger partial charge in [0.2, 0.25) is 0 Å². The average molecular weight is 327 g/mol. The number of hydrogen-bond donors (Lipinski definition) is 1. The molecule has 118 valence electrons. The molecule has 0 amide bonds. The van der Waals surface area contributed by atoms with E-state index >= 15 is 0 Å². The Hall–Kier alpha value is -2.47. The highest BCUT2D eigenvalue weighted by Crippen LogP contribution is 2.31. The first-order valence-electron chi connectivity index (χ1n) is 7.33. The van der Waals surface area contributed by atoms with Gasteiger partial charge >= 0.3 is 5.97 Å². The fourth-order valence-electron chi connectivity index (χ4n) is 2.33. The molecular weight excluding hydrogens is 310 g/mol. The number of ether oxygens (including phenoxy) is 1. The fraction of sp³-hybridized carbons (Fsp3) is 0.235. The van der Waals surface area contributed by atoms with E-state index in [-0.39, 0.29) is 5.97 Å². The molecular formula is C17H17N3O2S. The molecule has 0 aliphatic rings. The van der Waals surface area contributed by atoms with E-state index in [1.807, 2.05) is 19.1 Å². The number of carbonyl (C=O) groups is 1. The van der Waals surface area contributed by atoms with Gasteiger partial charge in [-0.3, -0.25) is 0 Å². The van der Waals surface area contributed by atoms with Crippen molar-refractivity contribution in [1.29, 1.82) is 0 Å². The topological polar surface area (TPSA) is 64.1 Å². The number of nitrogens with one attached hydrogen (secondary N) is 1. The summed E-state index contributed by atoms with van der Waals surface area (Å²) in [6.07, 6.45) is 0.970. The Morgan fingerprint density at radius 3 is 2.87 bits per heavy atom. The third-order valence-corrected chi connectivity index (χ3v) is 4.62. The molecule has 0 aliphatic carbocycles. The summed E-state index contributed by atoms with van der Waals surface area (Å²) in [5.74, 6) is 1.11. The van der Waals surface area contributed by atoms with E-state index in [1.54, 1.807) is 23.5 Å². The Labute approximate surface area is 138 Å². The van der Waals surface area contributed by atoms with Crippen LogP contribution in [0.25, 0.3) is 10.2 Å². The maximum absolute atomic E-state index is 11.7. The Balaban J connectivity index is 2.01. The number of hydrogen-bond acceptors (Lipinski definition) is 6. The van der Waals surface area contributed by atoms with Gasteiger partial charge in [-0.25, -0.2) is 14.8 Å². The summed E-state index contributed by atoms with van der Waals surface area (Å²) in [7, 11) is 1.37. The largest absolute Gasteiger partial charge is 0.465 e. The van der Waals surface area contributed by atoms with Crippen molar-refractivity contribution in [3.05, 3.63) is 46.6 Å². The Bertz CT molecular complexity index is 873. The molecule has 1 aromatic carbocycles. The van der Waals surface area contributed by atoms with Gasteiger partial charge in [0, 0.05) is 10.6 Å². The summed E-state index contributed by atoms with van der Waals surface area (Å²) in [6.45, 7) is 4.00. The lowest BCUT2D eigenvalue weighted by Gasteiger charge is -2.08. The number of methoxy groups -OCH3 is 1. The number of aryl methyl sites for hydroxylation is 2. The van der Waals surface area contributed by atoms with Crippen LogP contribution in [0, 0.1) is 6.92 Å². The summed E-state index contributed by atoms with van der Waals surface area (Å²) in [4.78, 5) is 22.9. The molecule has 0 fully saturated rings. The normalized spacial score (nSPS) is 10.7. The van der Waals surface area contributed by atoms with Gasteiger partial charge in [-0.05, 0) is 37.6 Å². The van der Waals surface area contributed by atoms with Crippen LogP contribution in [-0.2, 0) is 11.2 Å². The van der Waals surface area contributed by atoms with Gasteiger partial charge in [0.15, 0.2) is 0 Å². The molecule has 0 saturated carbocycles. The Kier molecular flexibility index (Phi) is 4.25. The Morgan fingerprint density at radius 2 is 2.13 bits per heavy atom. The second kappa shape index (κ2) is 6.34. The molecule has 0 saturated heterocycles. The minimum absolute atomic E-state index is 0.360. The number of benzene rings is 1. The van der Waals surface area contributed by atoms with E-state index in [0.29, 0.717) is 11.4 Å². The van der Waals surface area contributed by atoms with Crippen LogP contribution < -0.4 is 5.32 Å². The van der Waals surface area contributed by atoms with Crippen LogP contribution >= 0.6 is 11.3 Å². The van der Waals surface area contributed by atoms with Crippen LogP contribution in [0.3, 0.4) is 0 Å². The maximum atomic E-state index is 11.7. The van der Waals surface area contributed by atoms with Crippen molar-refractivity contribution in [3.8, 4) is 0 Å². The first-order chi connectivity index (χ1) is 11.1. The molecule has 1 N–H and O–H groups in total. The summed E-state index contributed by atoms with van der Waals surface area (Å²) in [6, 6.07) is 9.29. The van der Waals surface area contributed by atoms with E-state index in [2.05, 4.69) is 28.3 Å². The minimum Gasteiger partial charge on any atom is -0.465 e. The van der Waals surface area contributed by atoms with Crippen LogP contribution in [0.4, 0.5) is 11.5 Å². The van der Waals surface area contributed by atoms with Crippen LogP contribution in [0.2, 0.25) is 0 Å². The fourth-order valence-corrected chi connectivity index (χ4v) is 3.34. The quantitative estimate of drug-likeness (QED) is 0.731. The van der Waals surface area contributed by atoms with Crippen molar-refractivity contribution in [2.75, 3.05) is 12.4 Å². The number of aromatic nitrogens is 2. The zero-order valence-corrected chi connectivity index (χ0v) is 14.0. The van der Waals surface area contributed by atoms with Crippen molar-refractivity contribution in [2.45, 2.75) is 20.3 Å². The molecule has 2 heterocycles. The lowest BCUT2D eigenvalue weighted by Crippen LogP contribution is -2.02. The maximum Gasteiger partial charge on any atom is 0.337 e. The summed E-state index contributed by atoms with van der Waals surface area (Å²) in [5.41, 5.74) is 1.29. The zero-order chi connectivity index (χ0) is 16.4. The molecule has 0 spiro atoms. The summed E-state index contributed by atoms with van der Waals surface area (Å²) in [5, 5.41) is 4.29. The number of carbonyl (C=O) groups excluding carboxylic acids is 1. The Morgan fingerprint density at radius 1 is 1.30 bits per heavy atom. The number of fused-ring (bicyclic) bond motifs is 1. The standard InChI is InChI=1S/C17H17N3O2S/c1-4-13-9-14-15(18-10(2)19-16(14)23-13)20-12-7-5-6-11(8-12)17(21)22-3/h5-9H,4H2,1-3H3,(H,18,19,20). The van der Waals surface area contributed by atoms with Gasteiger partial charge in [0.1, 0.15) is 16.5 Å². The highest BCUT2D eigenvalue weighted by molar-refractivity contribution is 7.18. The number of rotatable bonds is 4. The number of nitrogens with zero attached hydrogens (tertiary/aromatic N) is 2. The molecule has 0 atom stereocenters. The molecule has 0 bridgehead atoms. The van der Waals surface area contributed by atoms with Crippen molar-refractivity contribution in [3.63, 3.8) is 0 Å². The monoisotopic (exact) mass is 327 g/mol. The van der Waals surface area contributed by atoms with Gasteiger partial charge in [-0.2, -0.15) is 0 Å². The van der Waals surface area contributed by atoms with Crippen molar-refractivity contribution < 1.29 is 9.53 Å². The predicted octanol–water partition coefficient (Wildman–Crippen LogP) is 4.09. The van der Waals surface area contributed by atoms with E-state index in [9.17, 15) is 4.79 Å². The summed E-state index contributed by atoms with van der Waals surface area (Å²) >= 11 is 1.68. The van der Waals surface area contributed by atoms with Crippen molar-refractivity contribution in [1.82, 2.24) is 9.97 Å². The summed E-state index contributed by atoms with van der Waals surface area (Å²) < 4.78 is 4.76. The van der Waals surface area contributed by atoms with Gasteiger partial charge in [0.05, 0.1) is 18.1 Å². The van der Waals surface area contributed by atoms with Crippen molar-refractivity contribution in [2.24, 2.45) is 0 Å². The van der Waals surface area contributed by atoms with E-state index in [4.69, 9.17) is 4.74 Å². The van der Waals surface area contributed by atoms with Gasteiger partial charge < -0.3 is 10.1 Å². The predicted molar refractivity (Wildman–Crippen MR) is 92.6 cm³/mol. The second-order valence-corrected chi connectivity index (χ2v) is 6.22. The molecule has 3 rings (SSSR count). The third-order valence-electron chi connectivity index (χ3n) is 3.45. The molecule has 0 aliphatic heterocycles. The van der Waals surface area contributed by atoms with E-state index < -0.39 is 0 Å². The second-order valence-electron chi connectivity index (χ2n) is 5.10. The molecule has 0 unspecified atom stereocenters. The SMILES string of the molecule is CCc1cc2c(Nc3cccc(C(=O)OC)c3)nc(C)nc2s1. The number of thiophene rings is 1.